The molecule has 4 heteroatoms. The lowest BCUT2D eigenvalue weighted by Gasteiger charge is -2.26. The number of carbonyl (C=O) groups is 1. The molecular formula is C11H12INOS. The second kappa shape index (κ2) is 5.21. The summed E-state index contributed by atoms with van der Waals surface area (Å²) in [7, 11) is 0. The Morgan fingerprint density at radius 3 is 2.60 bits per heavy atom. The number of rotatable bonds is 1. The van der Waals surface area contributed by atoms with E-state index in [9.17, 15) is 4.79 Å². The van der Waals surface area contributed by atoms with Gasteiger partial charge in [-0.05, 0) is 34.7 Å². The minimum absolute atomic E-state index is 0.181. The fraction of sp³-hybridized carbons (Fsp3) is 0.364. The fourth-order valence-electron chi connectivity index (χ4n) is 1.57. The van der Waals surface area contributed by atoms with Crippen molar-refractivity contribution in [2.24, 2.45) is 0 Å². The number of nitrogens with zero attached hydrogens (tertiary/aromatic N) is 1. The molecule has 0 atom stereocenters. The predicted molar refractivity (Wildman–Crippen MR) is 72.4 cm³/mol. The summed E-state index contributed by atoms with van der Waals surface area (Å²) in [5.41, 5.74) is 0.838. The molecule has 80 valence electrons. The first-order chi connectivity index (χ1) is 7.29. The molecule has 0 radical (unpaired) electrons. The summed E-state index contributed by atoms with van der Waals surface area (Å²) in [6, 6.07) is 7.77. The van der Waals surface area contributed by atoms with E-state index in [2.05, 4.69) is 22.6 Å². The molecule has 1 aliphatic rings. The number of carbonyl (C=O) groups excluding carboxylic acids is 1. The number of halogens is 1. The van der Waals surface area contributed by atoms with Crippen LogP contribution in [0.15, 0.2) is 24.3 Å². The standard InChI is InChI=1S/C11H12INOS/c12-10-4-2-1-3-9(10)11(14)13-5-7-15-8-6-13/h1-4H,5-8H2. The first kappa shape index (κ1) is 11.3. The van der Waals surface area contributed by atoms with Crippen LogP contribution >= 0.6 is 34.4 Å². The van der Waals surface area contributed by atoms with E-state index >= 15 is 0 Å². The van der Waals surface area contributed by atoms with Crippen LogP contribution in [0.4, 0.5) is 0 Å². The van der Waals surface area contributed by atoms with E-state index in [4.69, 9.17) is 0 Å². The van der Waals surface area contributed by atoms with Gasteiger partial charge in [0.1, 0.15) is 0 Å². The molecular weight excluding hydrogens is 321 g/mol. The lowest BCUT2D eigenvalue weighted by atomic mass is 10.2. The van der Waals surface area contributed by atoms with E-state index in [0.29, 0.717) is 0 Å². The molecule has 0 unspecified atom stereocenters. The maximum atomic E-state index is 12.1. The van der Waals surface area contributed by atoms with Crippen molar-refractivity contribution in [3.63, 3.8) is 0 Å². The minimum atomic E-state index is 0.181. The van der Waals surface area contributed by atoms with E-state index in [1.807, 2.05) is 40.9 Å². The molecule has 0 aromatic heterocycles. The van der Waals surface area contributed by atoms with Crippen LogP contribution in [-0.4, -0.2) is 35.4 Å². The normalized spacial score (nSPS) is 16.5. The smallest absolute Gasteiger partial charge is 0.254 e. The Labute approximate surface area is 108 Å². The quantitative estimate of drug-likeness (QED) is 0.736. The van der Waals surface area contributed by atoms with Crippen LogP contribution < -0.4 is 0 Å². The first-order valence-electron chi connectivity index (χ1n) is 4.90. The van der Waals surface area contributed by atoms with E-state index < -0.39 is 0 Å². The number of amides is 1. The van der Waals surface area contributed by atoms with E-state index in [-0.39, 0.29) is 5.91 Å². The molecule has 0 N–H and O–H groups in total. The van der Waals surface area contributed by atoms with Gasteiger partial charge in [-0.3, -0.25) is 4.79 Å². The van der Waals surface area contributed by atoms with Crippen LogP contribution in [0.3, 0.4) is 0 Å². The number of hydrogen-bond donors (Lipinski definition) is 0. The third kappa shape index (κ3) is 2.66. The Morgan fingerprint density at radius 2 is 1.93 bits per heavy atom. The first-order valence-corrected chi connectivity index (χ1v) is 7.14. The summed E-state index contributed by atoms with van der Waals surface area (Å²) in [6.07, 6.45) is 0. The molecule has 0 aliphatic carbocycles. The SMILES string of the molecule is O=C(c1ccccc1I)N1CCSCC1. The van der Waals surface area contributed by atoms with Gasteiger partial charge in [-0.15, -0.1) is 0 Å². The lowest BCUT2D eigenvalue weighted by Crippen LogP contribution is -2.38. The molecule has 1 amide bonds. The van der Waals surface area contributed by atoms with Crippen molar-refractivity contribution >= 4 is 40.3 Å². The average Bonchev–Trinajstić information content (AvgIpc) is 2.30. The van der Waals surface area contributed by atoms with Gasteiger partial charge < -0.3 is 4.90 Å². The molecule has 2 rings (SSSR count). The minimum Gasteiger partial charge on any atom is -0.337 e. The Bertz CT molecular complexity index is 363. The van der Waals surface area contributed by atoms with Crippen LogP contribution in [0.2, 0.25) is 0 Å². The van der Waals surface area contributed by atoms with Crippen LogP contribution in [0.5, 0.6) is 0 Å². The van der Waals surface area contributed by atoms with Crippen molar-refractivity contribution < 1.29 is 4.79 Å². The highest BCUT2D eigenvalue weighted by molar-refractivity contribution is 14.1. The Balaban J connectivity index is 2.16. The number of thioether (sulfide) groups is 1. The van der Waals surface area contributed by atoms with Crippen molar-refractivity contribution in [3.05, 3.63) is 33.4 Å². The summed E-state index contributed by atoms with van der Waals surface area (Å²) in [5, 5.41) is 0. The van der Waals surface area contributed by atoms with Crippen LogP contribution in [0, 0.1) is 3.57 Å². The highest BCUT2D eigenvalue weighted by Crippen LogP contribution is 2.17. The topological polar surface area (TPSA) is 20.3 Å². The zero-order chi connectivity index (χ0) is 10.7. The second-order valence-corrected chi connectivity index (χ2v) is 5.77. The zero-order valence-electron chi connectivity index (χ0n) is 8.28. The van der Waals surface area contributed by atoms with E-state index in [0.717, 1.165) is 33.7 Å². The van der Waals surface area contributed by atoms with Gasteiger partial charge in [0.05, 0.1) is 5.56 Å². The fourth-order valence-corrected chi connectivity index (χ4v) is 3.09. The molecule has 2 nitrogen and oxygen atoms in total. The molecule has 0 bridgehead atoms. The van der Waals surface area contributed by atoms with Gasteiger partial charge in [-0.1, -0.05) is 12.1 Å². The third-order valence-electron chi connectivity index (χ3n) is 2.40. The Kier molecular flexibility index (Phi) is 3.91. The van der Waals surface area contributed by atoms with E-state index in [1.165, 1.54) is 0 Å². The van der Waals surface area contributed by atoms with Gasteiger partial charge in [-0.2, -0.15) is 11.8 Å². The van der Waals surface area contributed by atoms with Gasteiger partial charge in [-0.25, -0.2) is 0 Å². The number of hydrogen-bond acceptors (Lipinski definition) is 2. The molecule has 15 heavy (non-hydrogen) atoms. The molecule has 1 aliphatic heterocycles. The monoisotopic (exact) mass is 333 g/mol. The highest BCUT2D eigenvalue weighted by Gasteiger charge is 2.19. The number of benzene rings is 1. The van der Waals surface area contributed by atoms with Crippen molar-refractivity contribution in [3.8, 4) is 0 Å². The second-order valence-electron chi connectivity index (χ2n) is 3.38. The van der Waals surface area contributed by atoms with E-state index in [1.54, 1.807) is 0 Å². The Hall–Kier alpha value is -0.230. The van der Waals surface area contributed by atoms with Gasteiger partial charge in [0, 0.05) is 28.2 Å². The third-order valence-corrected chi connectivity index (χ3v) is 4.29. The van der Waals surface area contributed by atoms with Crippen molar-refractivity contribution in [2.75, 3.05) is 24.6 Å². The Morgan fingerprint density at radius 1 is 1.27 bits per heavy atom. The molecule has 1 aromatic rings. The summed E-state index contributed by atoms with van der Waals surface area (Å²) >= 11 is 4.14. The lowest BCUT2D eigenvalue weighted by molar-refractivity contribution is 0.0771. The predicted octanol–water partition coefficient (Wildman–Crippen LogP) is 2.48. The van der Waals surface area contributed by atoms with Crippen LogP contribution in [-0.2, 0) is 0 Å². The average molecular weight is 333 g/mol. The maximum Gasteiger partial charge on any atom is 0.254 e. The van der Waals surface area contributed by atoms with Crippen molar-refractivity contribution in [2.45, 2.75) is 0 Å². The molecule has 1 saturated heterocycles. The largest absolute Gasteiger partial charge is 0.337 e. The van der Waals surface area contributed by atoms with Gasteiger partial charge in [0.25, 0.3) is 5.91 Å². The van der Waals surface area contributed by atoms with Crippen molar-refractivity contribution in [1.82, 2.24) is 4.90 Å². The molecule has 0 saturated carbocycles. The van der Waals surface area contributed by atoms with Gasteiger partial charge in [0.15, 0.2) is 0 Å². The molecule has 1 fully saturated rings. The summed E-state index contributed by atoms with van der Waals surface area (Å²) < 4.78 is 1.04. The van der Waals surface area contributed by atoms with Crippen LogP contribution in [0.1, 0.15) is 10.4 Å². The molecule has 1 aromatic carbocycles. The molecule has 0 spiro atoms. The van der Waals surface area contributed by atoms with Crippen molar-refractivity contribution in [1.29, 1.82) is 0 Å². The molecule has 1 heterocycles. The highest BCUT2D eigenvalue weighted by atomic mass is 127. The summed E-state index contributed by atoms with van der Waals surface area (Å²) in [4.78, 5) is 14.1. The maximum absolute atomic E-state index is 12.1. The zero-order valence-corrected chi connectivity index (χ0v) is 11.3. The van der Waals surface area contributed by atoms with Gasteiger partial charge >= 0.3 is 0 Å². The summed E-state index contributed by atoms with van der Waals surface area (Å²) in [6.45, 7) is 1.77. The summed E-state index contributed by atoms with van der Waals surface area (Å²) in [5.74, 6) is 2.31. The van der Waals surface area contributed by atoms with Gasteiger partial charge in [0.2, 0.25) is 0 Å². The van der Waals surface area contributed by atoms with Crippen LogP contribution in [0.25, 0.3) is 0 Å².